The van der Waals surface area contributed by atoms with Crippen LogP contribution in [0.3, 0.4) is 0 Å². The molecular weight excluding hydrogens is 325 g/mol. The second-order valence-corrected chi connectivity index (χ2v) is 5.06. The first kappa shape index (κ1) is 18.5. The van der Waals surface area contributed by atoms with Crippen molar-refractivity contribution in [3.63, 3.8) is 0 Å². The number of hydrogen-bond acceptors (Lipinski definition) is 3. The second kappa shape index (κ2) is 15.2. The standard InChI is InChI=1S/C11H22OS2.Cd/c1-3-5-7-9-12-11(13)14-10-8-6-4-2;/h3-10H2,1-2H3;. The maximum atomic E-state index is 5.42. The molecule has 0 aliphatic rings. The topological polar surface area (TPSA) is 9.23 Å². The zero-order valence-electron chi connectivity index (χ0n) is 10.1. The van der Waals surface area contributed by atoms with Gasteiger partial charge in [-0.2, -0.15) is 0 Å². The predicted molar refractivity (Wildman–Crippen MR) is 70.1 cm³/mol. The SMILES string of the molecule is CCCCCOC(=S)SCCCCC.[Cd]. The fourth-order valence-electron chi connectivity index (χ4n) is 1.06. The Balaban J connectivity index is 0. The normalized spacial score (nSPS) is 9.47. The van der Waals surface area contributed by atoms with E-state index < -0.39 is 0 Å². The van der Waals surface area contributed by atoms with Gasteiger partial charge in [0.2, 0.25) is 4.38 Å². The van der Waals surface area contributed by atoms with Gasteiger partial charge in [-0.05, 0) is 25.1 Å². The Morgan fingerprint density at radius 1 is 1.07 bits per heavy atom. The number of rotatable bonds is 8. The Hall–Kier alpha value is 1.16. The molecule has 4 heteroatoms. The van der Waals surface area contributed by atoms with Crippen molar-refractivity contribution in [2.24, 2.45) is 0 Å². The Kier molecular flexibility index (Phi) is 18.7. The molecule has 1 nitrogen and oxygen atoms in total. The van der Waals surface area contributed by atoms with E-state index in [1.165, 1.54) is 32.1 Å². The van der Waals surface area contributed by atoms with Crippen molar-refractivity contribution in [1.82, 2.24) is 0 Å². The van der Waals surface area contributed by atoms with Crippen LogP contribution in [0.5, 0.6) is 0 Å². The minimum Gasteiger partial charge on any atom is -0.479 e. The molecule has 0 aliphatic heterocycles. The van der Waals surface area contributed by atoms with Crippen LogP contribution in [0.2, 0.25) is 0 Å². The molecule has 0 amide bonds. The zero-order chi connectivity index (χ0) is 10.6. The summed E-state index contributed by atoms with van der Waals surface area (Å²) in [4.78, 5) is 0. The number of ether oxygens (including phenoxy) is 1. The molecule has 0 atom stereocenters. The maximum absolute atomic E-state index is 5.42. The van der Waals surface area contributed by atoms with Crippen LogP contribution < -0.4 is 0 Å². The smallest absolute Gasteiger partial charge is 0.219 e. The summed E-state index contributed by atoms with van der Waals surface area (Å²) in [7, 11) is 0. The fraction of sp³-hybridized carbons (Fsp3) is 0.909. The van der Waals surface area contributed by atoms with Crippen molar-refractivity contribution in [2.45, 2.75) is 52.4 Å². The molecule has 0 aliphatic carbocycles. The quantitative estimate of drug-likeness (QED) is 0.366. The molecule has 0 saturated carbocycles. The van der Waals surface area contributed by atoms with Crippen molar-refractivity contribution in [3.05, 3.63) is 0 Å². The summed E-state index contributed by atoms with van der Waals surface area (Å²) in [6.07, 6.45) is 7.42. The van der Waals surface area contributed by atoms with Gasteiger partial charge in [-0.25, -0.2) is 0 Å². The van der Waals surface area contributed by atoms with Crippen LogP contribution in [0.25, 0.3) is 0 Å². The van der Waals surface area contributed by atoms with E-state index in [-0.39, 0.29) is 27.3 Å². The Labute approximate surface area is 124 Å². The van der Waals surface area contributed by atoms with E-state index in [0.717, 1.165) is 23.2 Å². The summed E-state index contributed by atoms with van der Waals surface area (Å²) in [5.74, 6) is 1.11. The van der Waals surface area contributed by atoms with E-state index in [2.05, 4.69) is 13.8 Å². The third-order valence-corrected chi connectivity index (χ3v) is 3.25. The van der Waals surface area contributed by atoms with Gasteiger partial charge >= 0.3 is 0 Å². The molecule has 0 aromatic rings. The summed E-state index contributed by atoms with van der Waals surface area (Å²) < 4.78 is 6.15. The number of hydrogen-bond donors (Lipinski definition) is 0. The van der Waals surface area contributed by atoms with Crippen LogP contribution in [-0.4, -0.2) is 16.7 Å². The van der Waals surface area contributed by atoms with E-state index in [9.17, 15) is 0 Å². The van der Waals surface area contributed by atoms with Crippen LogP contribution in [-0.2, 0) is 32.0 Å². The Morgan fingerprint density at radius 2 is 1.67 bits per heavy atom. The summed E-state index contributed by atoms with van der Waals surface area (Å²) >= 11 is 6.78. The van der Waals surface area contributed by atoms with Gasteiger partial charge in [0.15, 0.2) is 0 Å². The second-order valence-electron chi connectivity index (χ2n) is 3.36. The summed E-state index contributed by atoms with van der Waals surface area (Å²) in [5, 5.41) is 0. The molecule has 0 aromatic carbocycles. The van der Waals surface area contributed by atoms with Crippen LogP contribution in [0.4, 0.5) is 0 Å². The zero-order valence-corrected chi connectivity index (χ0v) is 15.8. The van der Waals surface area contributed by atoms with Gasteiger partial charge in [-0.1, -0.05) is 51.3 Å². The van der Waals surface area contributed by atoms with Gasteiger partial charge in [-0.3, -0.25) is 0 Å². The van der Waals surface area contributed by atoms with Crippen molar-refractivity contribution in [1.29, 1.82) is 0 Å². The number of unbranched alkanes of at least 4 members (excludes halogenated alkanes) is 4. The number of thioether (sulfide) groups is 1. The van der Waals surface area contributed by atoms with Gasteiger partial charge in [0, 0.05) is 33.1 Å². The average molecular weight is 347 g/mol. The monoisotopic (exact) mass is 348 g/mol. The molecule has 0 radical (unpaired) electrons. The van der Waals surface area contributed by atoms with Crippen molar-refractivity contribution in [3.8, 4) is 0 Å². The molecular formula is C11H22CdOS2. The summed E-state index contributed by atoms with van der Waals surface area (Å²) in [5.41, 5.74) is 0. The summed E-state index contributed by atoms with van der Waals surface area (Å²) in [6, 6.07) is 0. The Morgan fingerprint density at radius 3 is 2.27 bits per heavy atom. The predicted octanol–water partition coefficient (Wildman–Crippen LogP) is 4.40. The fourth-order valence-corrected chi connectivity index (χ4v) is 2.07. The van der Waals surface area contributed by atoms with Gasteiger partial charge in [0.05, 0.1) is 6.61 Å². The van der Waals surface area contributed by atoms with Crippen molar-refractivity contribution in [2.75, 3.05) is 12.4 Å². The minimum absolute atomic E-state index is 0. The van der Waals surface area contributed by atoms with Crippen molar-refractivity contribution >= 4 is 28.4 Å². The first-order valence-electron chi connectivity index (χ1n) is 5.60. The molecule has 86 valence electrons. The largest absolute Gasteiger partial charge is 0.479 e. The Bertz CT molecular complexity index is 129. The molecule has 0 rings (SSSR count). The molecule has 0 aromatic heterocycles. The molecule has 0 unspecified atom stereocenters. The van der Waals surface area contributed by atoms with Gasteiger partial charge in [0.25, 0.3) is 0 Å². The van der Waals surface area contributed by atoms with Gasteiger partial charge < -0.3 is 4.74 Å². The van der Waals surface area contributed by atoms with Gasteiger partial charge in [0.1, 0.15) is 0 Å². The van der Waals surface area contributed by atoms with E-state index >= 15 is 0 Å². The first-order valence-corrected chi connectivity index (χ1v) is 7.00. The average Bonchev–Trinajstić information content (AvgIpc) is 2.19. The molecule has 0 bridgehead atoms. The molecule has 0 fully saturated rings. The molecule has 0 spiro atoms. The van der Waals surface area contributed by atoms with Crippen molar-refractivity contribution < 1.29 is 32.0 Å². The molecule has 0 N–H and O–H groups in total. The number of thiocarbonyl (C=S) groups is 1. The minimum atomic E-state index is 0. The molecule has 0 saturated heterocycles. The third kappa shape index (κ3) is 15.2. The van der Waals surface area contributed by atoms with Gasteiger partial charge in [-0.15, -0.1) is 0 Å². The molecule has 0 heterocycles. The maximum Gasteiger partial charge on any atom is 0.219 e. The van der Waals surface area contributed by atoms with E-state index in [0.29, 0.717) is 0 Å². The van der Waals surface area contributed by atoms with Crippen LogP contribution >= 0.6 is 24.0 Å². The van der Waals surface area contributed by atoms with Crippen LogP contribution in [0, 0.1) is 0 Å². The van der Waals surface area contributed by atoms with Crippen LogP contribution in [0.1, 0.15) is 52.4 Å². The van der Waals surface area contributed by atoms with E-state index in [4.69, 9.17) is 17.0 Å². The summed E-state index contributed by atoms with van der Waals surface area (Å²) in [6.45, 7) is 5.20. The van der Waals surface area contributed by atoms with E-state index in [1.54, 1.807) is 11.8 Å². The van der Waals surface area contributed by atoms with E-state index in [1.807, 2.05) is 0 Å². The molecule has 15 heavy (non-hydrogen) atoms. The third-order valence-electron chi connectivity index (χ3n) is 1.94. The first-order chi connectivity index (χ1) is 6.81. The van der Waals surface area contributed by atoms with Crippen LogP contribution in [0.15, 0.2) is 0 Å².